The molecular weight excluding hydrogens is 731 g/mol. The van der Waals surface area contributed by atoms with Gasteiger partial charge in [-0.1, -0.05) is 170 Å². The van der Waals surface area contributed by atoms with E-state index in [1.54, 1.807) is 0 Å². The number of rotatable bonds is 4. The third-order valence-corrected chi connectivity index (χ3v) is 13.1. The van der Waals surface area contributed by atoms with Crippen LogP contribution in [0.3, 0.4) is 0 Å². The summed E-state index contributed by atoms with van der Waals surface area (Å²) in [4.78, 5) is 15.5. The zero-order valence-electron chi connectivity index (χ0n) is 32.5. The summed E-state index contributed by atoms with van der Waals surface area (Å²) in [6, 6.07) is 64.9. The number of fused-ring (bicyclic) bond motifs is 11. The smallest absolute Gasteiger partial charge is 0.164 e. The van der Waals surface area contributed by atoms with Gasteiger partial charge in [0, 0.05) is 33.7 Å². The average molecular weight is 766 g/mol. The zero-order valence-corrected chi connectivity index (χ0v) is 32.5. The van der Waals surface area contributed by atoms with Crippen molar-refractivity contribution in [2.24, 2.45) is 0 Å². The zero-order chi connectivity index (χ0) is 39.4. The van der Waals surface area contributed by atoms with E-state index in [0.29, 0.717) is 17.5 Å². The standard InChI is InChI=1S/C56H35N3O/c1-2-12-36(13-3-1)53-57-54(37-26-24-34(25-27-37)38-28-30-40-43-18-10-14-35-15-11-19-44(52(35)43)45(40)32-38)59-55(58-53)39-29-31-51-49(33-39)56(48-22-8-9-23-50(48)60-51)46-20-6-4-16-41(46)42-17-5-7-21-47(42)56/h1-31,33,38H,32H2. The number of hydrogen-bond acceptors (Lipinski definition) is 4. The molecule has 1 aliphatic heterocycles. The van der Waals surface area contributed by atoms with Crippen LogP contribution >= 0.6 is 0 Å². The van der Waals surface area contributed by atoms with Crippen LogP contribution in [0.15, 0.2) is 194 Å². The highest BCUT2D eigenvalue weighted by atomic mass is 16.5. The fraction of sp³-hybridized carbons (Fsp3) is 0.0536. The Kier molecular flexibility index (Phi) is 7.02. The summed E-state index contributed by atoms with van der Waals surface area (Å²) in [5.41, 5.74) is 16.2. The lowest BCUT2D eigenvalue weighted by molar-refractivity contribution is 0.436. The Hall–Kier alpha value is -7.69. The third kappa shape index (κ3) is 4.70. The minimum Gasteiger partial charge on any atom is -0.457 e. The molecule has 9 aromatic rings. The van der Waals surface area contributed by atoms with Crippen molar-refractivity contribution in [2.45, 2.75) is 17.8 Å². The lowest BCUT2D eigenvalue weighted by Crippen LogP contribution is -2.32. The van der Waals surface area contributed by atoms with Gasteiger partial charge in [-0.2, -0.15) is 0 Å². The molecule has 3 aliphatic carbocycles. The minimum absolute atomic E-state index is 0.275. The summed E-state index contributed by atoms with van der Waals surface area (Å²) in [6.45, 7) is 0. The Morgan fingerprint density at radius 2 is 1.02 bits per heavy atom. The van der Waals surface area contributed by atoms with E-state index < -0.39 is 5.41 Å². The van der Waals surface area contributed by atoms with E-state index in [1.807, 2.05) is 18.2 Å². The molecule has 1 aromatic heterocycles. The van der Waals surface area contributed by atoms with E-state index in [2.05, 4.69) is 176 Å². The maximum absolute atomic E-state index is 6.73. The van der Waals surface area contributed by atoms with Gasteiger partial charge < -0.3 is 4.74 Å². The predicted octanol–water partition coefficient (Wildman–Crippen LogP) is 13.5. The van der Waals surface area contributed by atoms with Crippen molar-refractivity contribution in [3.05, 3.63) is 233 Å². The largest absolute Gasteiger partial charge is 0.457 e. The molecule has 2 heterocycles. The highest BCUT2D eigenvalue weighted by molar-refractivity contribution is 6.16. The van der Waals surface area contributed by atoms with Crippen LogP contribution in [0.1, 0.15) is 51.3 Å². The van der Waals surface area contributed by atoms with E-state index in [-0.39, 0.29) is 5.92 Å². The van der Waals surface area contributed by atoms with Crippen LogP contribution < -0.4 is 4.74 Å². The van der Waals surface area contributed by atoms with Gasteiger partial charge in [0.15, 0.2) is 17.5 Å². The summed E-state index contributed by atoms with van der Waals surface area (Å²) in [5.74, 6) is 3.86. The summed E-state index contributed by atoms with van der Waals surface area (Å²) < 4.78 is 6.73. The molecule has 8 aromatic carbocycles. The summed E-state index contributed by atoms with van der Waals surface area (Å²) in [7, 11) is 0. The molecule has 4 heteroatoms. The van der Waals surface area contributed by atoms with Crippen LogP contribution in [-0.2, 0) is 5.41 Å². The number of aromatic nitrogens is 3. The first-order valence-corrected chi connectivity index (χ1v) is 20.7. The topological polar surface area (TPSA) is 47.9 Å². The quantitative estimate of drug-likeness (QED) is 0.179. The lowest BCUT2D eigenvalue weighted by Gasteiger charge is -2.39. The monoisotopic (exact) mass is 765 g/mol. The van der Waals surface area contributed by atoms with Crippen molar-refractivity contribution in [2.75, 3.05) is 0 Å². The van der Waals surface area contributed by atoms with Crippen molar-refractivity contribution in [1.29, 1.82) is 0 Å². The van der Waals surface area contributed by atoms with Gasteiger partial charge in [-0.3, -0.25) is 0 Å². The molecule has 1 spiro atoms. The van der Waals surface area contributed by atoms with Gasteiger partial charge in [-0.25, -0.2) is 15.0 Å². The molecule has 0 bridgehead atoms. The molecule has 4 nitrogen and oxygen atoms in total. The number of ether oxygens (including phenoxy) is 1. The normalized spacial score (nSPS) is 15.9. The Morgan fingerprint density at radius 1 is 0.450 bits per heavy atom. The van der Waals surface area contributed by atoms with Gasteiger partial charge in [-0.05, 0) is 91.5 Å². The summed E-state index contributed by atoms with van der Waals surface area (Å²) in [5, 5.41) is 2.69. The van der Waals surface area contributed by atoms with E-state index in [0.717, 1.165) is 45.7 Å². The van der Waals surface area contributed by atoms with Gasteiger partial charge in [0.05, 0.1) is 5.41 Å². The summed E-state index contributed by atoms with van der Waals surface area (Å²) in [6.07, 6.45) is 5.68. The van der Waals surface area contributed by atoms with Crippen LogP contribution in [0.2, 0.25) is 0 Å². The first kappa shape index (κ1) is 33.3. The summed E-state index contributed by atoms with van der Waals surface area (Å²) >= 11 is 0. The molecule has 0 saturated heterocycles. The number of benzene rings is 8. The second-order valence-electron chi connectivity index (χ2n) is 16.2. The molecule has 0 amide bonds. The number of allylic oxidation sites excluding steroid dienone is 4. The number of nitrogens with zero attached hydrogens (tertiary/aromatic N) is 3. The third-order valence-electron chi connectivity index (χ3n) is 13.1. The van der Waals surface area contributed by atoms with Crippen LogP contribution in [0.4, 0.5) is 0 Å². The fourth-order valence-corrected chi connectivity index (χ4v) is 10.5. The van der Waals surface area contributed by atoms with Gasteiger partial charge in [0.25, 0.3) is 0 Å². The van der Waals surface area contributed by atoms with E-state index >= 15 is 0 Å². The van der Waals surface area contributed by atoms with Crippen molar-refractivity contribution < 1.29 is 4.74 Å². The first-order valence-electron chi connectivity index (χ1n) is 20.7. The highest BCUT2D eigenvalue weighted by Gasteiger charge is 2.51. The van der Waals surface area contributed by atoms with Crippen molar-refractivity contribution in [3.8, 4) is 56.8 Å². The van der Waals surface area contributed by atoms with Crippen LogP contribution in [-0.4, -0.2) is 15.0 Å². The molecule has 1 atom stereocenters. The van der Waals surface area contributed by atoms with Crippen molar-refractivity contribution >= 4 is 21.9 Å². The fourth-order valence-electron chi connectivity index (χ4n) is 10.5. The molecule has 60 heavy (non-hydrogen) atoms. The first-order chi connectivity index (χ1) is 29.7. The molecular formula is C56H35N3O. The number of para-hydroxylation sites is 1. The van der Waals surface area contributed by atoms with Crippen molar-refractivity contribution in [1.82, 2.24) is 15.0 Å². The second kappa shape index (κ2) is 12.7. The Morgan fingerprint density at radius 3 is 1.75 bits per heavy atom. The number of hydrogen-bond donors (Lipinski definition) is 0. The molecule has 4 aliphatic rings. The maximum atomic E-state index is 6.73. The minimum atomic E-state index is -0.584. The average Bonchev–Trinajstić information content (AvgIpc) is 3.80. The van der Waals surface area contributed by atoms with Crippen LogP contribution in [0.25, 0.3) is 67.2 Å². The van der Waals surface area contributed by atoms with Crippen LogP contribution in [0, 0.1) is 0 Å². The Bertz CT molecular complexity index is 3270. The van der Waals surface area contributed by atoms with Gasteiger partial charge in [0.2, 0.25) is 0 Å². The molecule has 0 saturated carbocycles. The molecule has 13 rings (SSSR count). The van der Waals surface area contributed by atoms with Crippen LogP contribution in [0.5, 0.6) is 11.5 Å². The lowest BCUT2D eigenvalue weighted by atomic mass is 9.66. The Labute approximate surface area is 347 Å². The maximum Gasteiger partial charge on any atom is 0.164 e. The molecule has 0 fully saturated rings. The van der Waals surface area contributed by atoms with Crippen molar-refractivity contribution in [3.63, 3.8) is 0 Å². The predicted molar refractivity (Wildman–Crippen MR) is 241 cm³/mol. The second-order valence-corrected chi connectivity index (χ2v) is 16.2. The molecule has 1 unspecified atom stereocenters. The highest BCUT2D eigenvalue weighted by Crippen LogP contribution is 2.62. The van der Waals surface area contributed by atoms with E-state index in [1.165, 1.54) is 60.9 Å². The van der Waals surface area contributed by atoms with E-state index in [9.17, 15) is 0 Å². The molecule has 0 N–H and O–H groups in total. The Balaban J connectivity index is 0.920. The van der Waals surface area contributed by atoms with Gasteiger partial charge in [-0.15, -0.1) is 0 Å². The van der Waals surface area contributed by atoms with Gasteiger partial charge in [0.1, 0.15) is 11.5 Å². The van der Waals surface area contributed by atoms with E-state index in [4.69, 9.17) is 19.7 Å². The molecule has 280 valence electrons. The SMILES string of the molecule is C1=CC(c2ccc(-c3nc(-c4ccccc4)nc(-c4ccc5c(c4)C4(c6ccccc6O5)c5ccccc5-c5ccccc54)n3)cc2)CC2=C1c1cccc3cccc2c13. The molecule has 0 radical (unpaired) electrons. The van der Waals surface area contributed by atoms with Gasteiger partial charge >= 0.3 is 0 Å².